The summed E-state index contributed by atoms with van der Waals surface area (Å²) in [5, 5.41) is 0. The molecule has 90 valence electrons. The summed E-state index contributed by atoms with van der Waals surface area (Å²) in [6.45, 7) is 0.541. The zero-order valence-electron chi connectivity index (χ0n) is 9.91. The zero-order valence-corrected chi connectivity index (χ0v) is 10.7. The minimum absolute atomic E-state index is 0.0291. The van der Waals surface area contributed by atoms with Gasteiger partial charge in [-0.15, -0.1) is 0 Å². The standard InChI is InChI=1S/C10H22N2O2S/c1-12(2)10(7-5-4-6-8-10)9-11-15(3,13)14/h11H,4-9H2,1-3H3. The van der Waals surface area contributed by atoms with Crippen LogP contribution in [0.4, 0.5) is 0 Å². The number of hydrogen-bond acceptors (Lipinski definition) is 3. The van der Waals surface area contributed by atoms with Gasteiger partial charge in [0.25, 0.3) is 0 Å². The summed E-state index contributed by atoms with van der Waals surface area (Å²) in [6, 6.07) is 0. The second kappa shape index (κ2) is 4.80. The maximum atomic E-state index is 11.1. The summed E-state index contributed by atoms with van der Waals surface area (Å²) < 4.78 is 24.9. The smallest absolute Gasteiger partial charge is 0.208 e. The molecule has 0 aromatic carbocycles. The molecule has 15 heavy (non-hydrogen) atoms. The molecule has 0 bridgehead atoms. The van der Waals surface area contributed by atoms with Gasteiger partial charge in [0.2, 0.25) is 10.0 Å². The van der Waals surface area contributed by atoms with Crippen LogP contribution in [0.2, 0.25) is 0 Å². The van der Waals surface area contributed by atoms with Gasteiger partial charge in [-0.2, -0.15) is 0 Å². The average Bonchev–Trinajstić information content (AvgIpc) is 2.15. The highest BCUT2D eigenvalue weighted by atomic mass is 32.2. The third-order valence-electron chi connectivity index (χ3n) is 3.40. The summed E-state index contributed by atoms with van der Waals surface area (Å²) in [5.41, 5.74) is 0.0291. The zero-order chi connectivity index (χ0) is 11.5. The summed E-state index contributed by atoms with van der Waals surface area (Å²) in [5.74, 6) is 0. The lowest BCUT2D eigenvalue weighted by molar-refractivity contribution is 0.105. The molecule has 1 aliphatic carbocycles. The molecule has 0 aromatic rings. The molecule has 0 saturated heterocycles. The number of hydrogen-bond donors (Lipinski definition) is 1. The molecule has 5 heteroatoms. The van der Waals surface area contributed by atoms with Crippen molar-refractivity contribution in [3.05, 3.63) is 0 Å². The topological polar surface area (TPSA) is 49.4 Å². The van der Waals surface area contributed by atoms with Crippen molar-refractivity contribution >= 4 is 10.0 Å². The molecule has 1 rings (SSSR count). The van der Waals surface area contributed by atoms with E-state index in [9.17, 15) is 8.42 Å². The third kappa shape index (κ3) is 3.74. The van der Waals surface area contributed by atoms with E-state index in [0.29, 0.717) is 6.54 Å². The van der Waals surface area contributed by atoms with Crippen molar-refractivity contribution in [1.82, 2.24) is 9.62 Å². The van der Waals surface area contributed by atoms with Crippen LogP contribution in [0.1, 0.15) is 32.1 Å². The Kier molecular flexibility index (Phi) is 4.14. The van der Waals surface area contributed by atoms with E-state index in [4.69, 9.17) is 0 Å². The van der Waals surface area contributed by atoms with E-state index in [0.717, 1.165) is 12.8 Å². The van der Waals surface area contributed by atoms with Crippen LogP contribution in [0.25, 0.3) is 0 Å². The first-order valence-electron chi connectivity index (χ1n) is 5.48. The molecule has 1 saturated carbocycles. The number of sulfonamides is 1. The molecular formula is C10H22N2O2S. The third-order valence-corrected chi connectivity index (χ3v) is 4.07. The summed E-state index contributed by atoms with van der Waals surface area (Å²) in [7, 11) is 1.00. The molecule has 1 aliphatic rings. The van der Waals surface area contributed by atoms with E-state index in [1.807, 2.05) is 14.1 Å². The average molecular weight is 234 g/mol. The minimum Gasteiger partial charge on any atom is -0.302 e. The van der Waals surface area contributed by atoms with Crippen molar-refractivity contribution in [3.8, 4) is 0 Å². The van der Waals surface area contributed by atoms with Crippen LogP contribution in [-0.4, -0.2) is 45.8 Å². The van der Waals surface area contributed by atoms with Crippen LogP contribution in [0.15, 0.2) is 0 Å². The number of nitrogens with zero attached hydrogens (tertiary/aromatic N) is 1. The Bertz CT molecular complexity index is 293. The van der Waals surface area contributed by atoms with E-state index >= 15 is 0 Å². The lowest BCUT2D eigenvalue weighted by Crippen LogP contribution is -2.53. The van der Waals surface area contributed by atoms with Gasteiger partial charge >= 0.3 is 0 Å². The molecule has 0 unspecified atom stereocenters. The van der Waals surface area contributed by atoms with Crippen molar-refractivity contribution in [2.75, 3.05) is 26.9 Å². The largest absolute Gasteiger partial charge is 0.302 e. The maximum Gasteiger partial charge on any atom is 0.208 e. The molecule has 4 nitrogen and oxygen atoms in total. The fraction of sp³-hybridized carbons (Fsp3) is 1.00. The lowest BCUT2D eigenvalue weighted by Gasteiger charge is -2.43. The maximum absolute atomic E-state index is 11.1. The van der Waals surface area contributed by atoms with Gasteiger partial charge < -0.3 is 4.90 Å². The van der Waals surface area contributed by atoms with E-state index in [-0.39, 0.29) is 5.54 Å². The Morgan fingerprint density at radius 2 is 1.73 bits per heavy atom. The monoisotopic (exact) mass is 234 g/mol. The van der Waals surface area contributed by atoms with E-state index in [2.05, 4.69) is 9.62 Å². The van der Waals surface area contributed by atoms with Gasteiger partial charge in [-0.1, -0.05) is 19.3 Å². The second-order valence-corrected chi connectivity index (χ2v) is 6.61. The molecule has 0 heterocycles. The Balaban J connectivity index is 2.65. The Morgan fingerprint density at radius 3 is 2.13 bits per heavy atom. The molecular weight excluding hydrogens is 212 g/mol. The summed E-state index contributed by atoms with van der Waals surface area (Å²) in [4.78, 5) is 2.17. The van der Waals surface area contributed by atoms with Crippen molar-refractivity contribution in [2.24, 2.45) is 0 Å². The van der Waals surface area contributed by atoms with Crippen LogP contribution < -0.4 is 4.72 Å². The normalized spacial score (nSPS) is 21.9. The molecule has 1 fully saturated rings. The second-order valence-electron chi connectivity index (χ2n) is 4.77. The van der Waals surface area contributed by atoms with Crippen molar-refractivity contribution in [3.63, 3.8) is 0 Å². The highest BCUT2D eigenvalue weighted by Gasteiger charge is 2.34. The van der Waals surface area contributed by atoms with E-state index in [1.165, 1.54) is 25.5 Å². The van der Waals surface area contributed by atoms with E-state index in [1.54, 1.807) is 0 Å². The van der Waals surface area contributed by atoms with E-state index < -0.39 is 10.0 Å². The molecule has 1 N–H and O–H groups in total. The van der Waals surface area contributed by atoms with Crippen LogP contribution >= 0.6 is 0 Å². The van der Waals surface area contributed by atoms with Crippen LogP contribution in [-0.2, 0) is 10.0 Å². The first kappa shape index (κ1) is 12.9. The molecule has 0 aromatic heterocycles. The highest BCUT2D eigenvalue weighted by Crippen LogP contribution is 2.31. The summed E-state index contributed by atoms with van der Waals surface area (Å²) in [6.07, 6.45) is 7.06. The predicted molar refractivity (Wildman–Crippen MR) is 62.3 cm³/mol. The fourth-order valence-corrected chi connectivity index (χ4v) is 2.79. The summed E-state index contributed by atoms with van der Waals surface area (Å²) >= 11 is 0. The van der Waals surface area contributed by atoms with Crippen LogP contribution in [0, 0.1) is 0 Å². The Hall–Kier alpha value is -0.130. The van der Waals surface area contributed by atoms with Crippen LogP contribution in [0.5, 0.6) is 0 Å². The molecule has 0 aliphatic heterocycles. The van der Waals surface area contributed by atoms with Gasteiger partial charge in [0, 0.05) is 12.1 Å². The molecule has 0 atom stereocenters. The Labute approximate surface area is 93.1 Å². The lowest BCUT2D eigenvalue weighted by atomic mass is 9.81. The molecule has 0 amide bonds. The first-order chi connectivity index (χ1) is 6.86. The quantitative estimate of drug-likeness (QED) is 0.783. The Morgan fingerprint density at radius 1 is 1.20 bits per heavy atom. The molecule has 0 radical (unpaired) electrons. The van der Waals surface area contributed by atoms with Crippen molar-refractivity contribution < 1.29 is 8.42 Å². The van der Waals surface area contributed by atoms with Gasteiger partial charge in [0.1, 0.15) is 0 Å². The van der Waals surface area contributed by atoms with Gasteiger partial charge in [0.05, 0.1) is 6.26 Å². The minimum atomic E-state index is -3.07. The van der Waals surface area contributed by atoms with Gasteiger partial charge in [-0.3, -0.25) is 0 Å². The first-order valence-corrected chi connectivity index (χ1v) is 7.37. The number of nitrogens with one attached hydrogen (secondary N) is 1. The van der Waals surface area contributed by atoms with Crippen molar-refractivity contribution in [2.45, 2.75) is 37.6 Å². The highest BCUT2D eigenvalue weighted by molar-refractivity contribution is 7.88. The van der Waals surface area contributed by atoms with Gasteiger partial charge in [-0.05, 0) is 26.9 Å². The number of rotatable bonds is 4. The SMILES string of the molecule is CN(C)C1(CNS(C)(=O)=O)CCCCC1. The van der Waals surface area contributed by atoms with Crippen molar-refractivity contribution in [1.29, 1.82) is 0 Å². The van der Waals surface area contributed by atoms with Gasteiger partial charge in [-0.25, -0.2) is 13.1 Å². The fourth-order valence-electron chi connectivity index (χ4n) is 2.26. The van der Waals surface area contributed by atoms with Gasteiger partial charge in [0.15, 0.2) is 0 Å². The van der Waals surface area contributed by atoms with Crippen LogP contribution in [0.3, 0.4) is 0 Å². The number of likely N-dealkylation sites (N-methyl/N-ethyl adjacent to an activating group) is 1. The molecule has 0 spiro atoms. The predicted octanol–water partition coefficient (Wildman–Crippen LogP) is 0.800.